The molecule has 0 saturated carbocycles. The Morgan fingerprint density at radius 1 is 1.24 bits per heavy atom. The monoisotopic (exact) mass is 406 g/mol. The Balaban J connectivity index is 2.10. The maximum atomic E-state index is 9.45. The van der Waals surface area contributed by atoms with Crippen molar-refractivity contribution in [1.82, 2.24) is 10.3 Å². The lowest BCUT2D eigenvalue weighted by Gasteiger charge is -2.27. The Hall–Kier alpha value is -3.43. The number of hydrogen-bond donors (Lipinski definition) is 4. The van der Waals surface area contributed by atoms with Crippen molar-refractivity contribution in [1.29, 1.82) is 10.5 Å². The Morgan fingerprint density at radius 2 is 2.03 bits per heavy atom. The van der Waals surface area contributed by atoms with E-state index in [1.165, 1.54) is 6.42 Å². The summed E-state index contributed by atoms with van der Waals surface area (Å²) in [5, 5.41) is 23.9. The zero-order chi connectivity index (χ0) is 20.8. The first-order valence-electron chi connectivity index (χ1n) is 9.31. The number of aliphatic imine (C=N–C) groups is 1. The first-order chi connectivity index (χ1) is 14.1. The highest BCUT2D eigenvalue weighted by Gasteiger charge is 2.30. The number of thioether (sulfide) groups is 1. The van der Waals surface area contributed by atoms with Crippen LogP contribution in [0, 0.1) is 22.8 Å². The van der Waals surface area contributed by atoms with Gasteiger partial charge in [0.25, 0.3) is 0 Å². The standard InChI is InChI=1S/C20H22N8S/c1-2-3-6-9-29-14-8-5-4-7-12(14)17-15-16(23)13(10-21)18(24)27-19(15)28-20(26-17)25-11-22/h4-5,7-8,17H,2-3,6,9H2,1H3,(H6,23,24,25,26,27,28). The smallest absolute Gasteiger partial charge is 0.211 e. The van der Waals surface area contributed by atoms with Gasteiger partial charge >= 0.3 is 0 Å². The molecule has 0 aliphatic carbocycles. The van der Waals surface area contributed by atoms with Gasteiger partial charge in [0.05, 0.1) is 5.69 Å². The van der Waals surface area contributed by atoms with E-state index in [9.17, 15) is 5.26 Å². The molecule has 1 atom stereocenters. The highest BCUT2D eigenvalue weighted by Crippen LogP contribution is 2.43. The van der Waals surface area contributed by atoms with Gasteiger partial charge in [-0.1, -0.05) is 38.0 Å². The average molecular weight is 407 g/mol. The van der Waals surface area contributed by atoms with Gasteiger partial charge in [-0.3, -0.25) is 5.32 Å². The van der Waals surface area contributed by atoms with Gasteiger partial charge < -0.3 is 16.8 Å². The summed E-state index contributed by atoms with van der Waals surface area (Å²) in [5.41, 5.74) is 14.1. The van der Waals surface area contributed by atoms with Gasteiger partial charge in [0.15, 0.2) is 6.19 Å². The van der Waals surface area contributed by atoms with Crippen LogP contribution >= 0.6 is 11.8 Å². The number of nitriles is 2. The molecule has 0 amide bonds. The fourth-order valence-corrected chi connectivity index (χ4v) is 4.27. The van der Waals surface area contributed by atoms with E-state index in [1.807, 2.05) is 36.5 Å². The van der Waals surface area contributed by atoms with Gasteiger partial charge in [-0.05, 0) is 23.8 Å². The minimum Gasteiger partial charge on any atom is -0.397 e. The molecule has 9 heteroatoms. The van der Waals surface area contributed by atoms with E-state index in [0.717, 1.165) is 29.1 Å². The Labute approximate surface area is 174 Å². The molecule has 148 valence electrons. The van der Waals surface area contributed by atoms with E-state index in [2.05, 4.69) is 27.5 Å². The number of hydrogen-bond acceptors (Lipinski definition) is 9. The quantitative estimate of drug-likeness (QED) is 0.247. The lowest BCUT2D eigenvalue weighted by atomic mass is 9.95. The maximum absolute atomic E-state index is 9.45. The molecule has 1 aliphatic rings. The minimum absolute atomic E-state index is 0.0374. The van der Waals surface area contributed by atoms with Crippen LogP contribution in [0.25, 0.3) is 0 Å². The molecular formula is C20H22N8S. The van der Waals surface area contributed by atoms with Crippen LogP contribution in [0.1, 0.15) is 48.9 Å². The molecule has 0 bridgehead atoms. The highest BCUT2D eigenvalue weighted by atomic mass is 32.2. The number of guanidine groups is 1. The van der Waals surface area contributed by atoms with E-state index in [0.29, 0.717) is 11.4 Å². The third kappa shape index (κ3) is 4.20. The summed E-state index contributed by atoms with van der Waals surface area (Å²) >= 11 is 1.76. The van der Waals surface area contributed by atoms with Crippen molar-refractivity contribution in [2.24, 2.45) is 4.99 Å². The fraction of sp³-hybridized carbons (Fsp3) is 0.300. The zero-order valence-corrected chi connectivity index (χ0v) is 16.9. The molecule has 1 unspecified atom stereocenters. The van der Waals surface area contributed by atoms with Gasteiger partial charge in [-0.2, -0.15) is 10.5 Å². The van der Waals surface area contributed by atoms with E-state index in [-0.39, 0.29) is 23.0 Å². The van der Waals surface area contributed by atoms with Crippen LogP contribution in [0.3, 0.4) is 0 Å². The molecule has 1 aliphatic heterocycles. The third-order valence-electron chi connectivity index (χ3n) is 4.58. The number of anilines is 3. The van der Waals surface area contributed by atoms with Crippen LogP contribution in [0.4, 0.5) is 17.3 Å². The number of pyridine rings is 1. The second-order valence-corrected chi connectivity index (χ2v) is 7.63. The molecule has 6 N–H and O–H groups in total. The molecule has 0 fully saturated rings. The number of unbranched alkanes of at least 4 members (excludes halogenated alkanes) is 2. The molecule has 0 saturated heterocycles. The first-order valence-corrected chi connectivity index (χ1v) is 10.3. The molecule has 2 heterocycles. The predicted molar refractivity (Wildman–Crippen MR) is 116 cm³/mol. The van der Waals surface area contributed by atoms with E-state index < -0.39 is 6.04 Å². The number of nitrogens with two attached hydrogens (primary N) is 2. The van der Waals surface area contributed by atoms with Crippen LogP contribution in [-0.2, 0) is 0 Å². The van der Waals surface area contributed by atoms with Crippen molar-refractivity contribution in [2.45, 2.75) is 37.1 Å². The number of rotatable bonds is 6. The first kappa shape index (κ1) is 20.3. The SMILES string of the molecule is CCCCCSc1ccccc1C1N=C(NC#N)Nc2nc(N)c(C#N)c(N)c21. The van der Waals surface area contributed by atoms with Crippen molar-refractivity contribution in [3.05, 3.63) is 41.0 Å². The van der Waals surface area contributed by atoms with Crippen molar-refractivity contribution in [3.8, 4) is 12.3 Å². The summed E-state index contributed by atoms with van der Waals surface area (Å²) in [6.07, 6.45) is 5.34. The molecule has 0 radical (unpaired) electrons. The summed E-state index contributed by atoms with van der Waals surface area (Å²) in [6, 6.07) is 9.46. The summed E-state index contributed by atoms with van der Waals surface area (Å²) in [5.74, 6) is 1.68. The predicted octanol–water partition coefficient (Wildman–Crippen LogP) is 3.34. The Kier molecular flexibility index (Phi) is 6.43. The van der Waals surface area contributed by atoms with Gasteiger partial charge in [-0.15, -0.1) is 11.8 Å². The van der Waals surface area contributed by atoms with E-state index in [1.54, 1.807) is 11.8 Å². The van der Waals surface area contributed by atoms with Gasteiger partial charge in [-0.25, -0.2) is 9.98 Å². The normalized spacial score (nSPS) is 14.7. The number of nitrogens with zero attached hydrogens (tertiary/aromatic N) is 4. The van der Waals surface area contributed by atoms with Crippen molar-refractivity contribution >= 4 is 35.0 Å². The number of fused-ring (bicyclic) bond motifs is 1. The highest BCUT2D eigenvalue weighted by molar-refractivity contribution is 7.99. The molecule has 8 nitrogen and oxygen atoms in total. The Bertz CT molecular complexity index is 1020. The third-order valence-corrected chi connectivity index (χ3v) is 5.75. The van der Waals surface area contributed by atoms with Crippen LogP contribution < -0.4 is 22.1 Å². The number of nitrogen functional groups attached to an aromatic ring is 2. The number of benzene rings is 1. The average Bonchev–Trinajstić information content (AvgIpc) is 2.71. The molecule has 3 rings (SSSR count). The zero-order valence-electron chi connectivity index (χ0n) is 16.1. The fourth-order valence-electron chi connectivity index (χ4n) is 3.18. The van der Waals surface area contributed by atoms with Crippen molar-refractivity contribution in [3.63, 3.8) is 0 Å². The van der Waals surface area contributed by atoms with E-state index in [4.69, 9.17) is 16.7 Å². The largest absolute Gasteiger partial charge is 0.397 e. The molecule has 29 heavy (non-hydrogen) atoms. The Morgan fingerprint density at radius 3 is 2.76 bits per heavy atom. The lowest BCUT2D eigenvalue weighted by Crippen LogP contribution is -2.32. The van der Waals surface area contributed by atoms with Crippen LogP contribution in [0.5, 0.6) is 0 Å². The summed E-state index contributed by atoms with van der Waals surface area (Å²) in [6.45, 7) is 2.18. The van der Waals surface area contributed by atoms with Gasteiger partial charge in [0.1, 0.15) is 29.3 Å². The van der Waals surface area contributed by atoms with Crippen LogP contribution in [0.2, 0.25) is 0 Å². The summed E-state index contributed by atoms with van der Waals surface area (Å²) in [7, 11) is 0. The number of aromatic nitrogens is 1. The second-order valence-electron chi connectivity index (χ2n) is 6.50. The molecule has 0 spiro atoms. The topological polar surface area (TPSA) is 149 Å². The summed E-state index contributed by atoms with van der Waals surface area (Å²) < 4.78 is 0. The lowest BCUT2D eigenvalue weighted by molar-refractivity contribution is 0.777. The minimum atomic E-state index is -0.517. The van der Waals surface area contributed by atoms with Crippen LogP contribution in [-0.4, -0.2) is 16.7 Å². The second kappa shape index (κ2) is 9.18. The van der Waals surface area contributed by atoms with Crippen LogP contribution in [0.15, 0.2) is 34.2 Å². The maximum Gasteiger partial charge on any atom is 0.211 e. The van der Waals surface area contributed by atoms with Gasteiger partial charge in [0.2, 0.25) is 5.96 Å². The van der Waals surface area contributed by atoms with Crippen molar-refractivity contribution in [2.75, 3.05) is 22.5 Å². The van der Waals surface area contributed by atoms with E-state index >= 15 is 0 Å². The molecule has 2 aromatic rings. The summed E-state index contributed by atoms with van der Waals surface area (Å²) in [4.78, 5) is 10.0. The molecular weight excluding hydrogens is 384 g/mol. The van der Waals surface area contributed by atoms with Gasteiger partial charge in [0, 0.05) is 10.5 Å². The molecule has 1 aromatic heterocycles. The molecule has 1 aromatic carbocycles. The van der Waals surface area contributed by atoms with Crippen molar-refractivity contribution < 1.29 is 0 Å². The number of nitrogens with one attached hydrogen (secondary N) is 2.